The van der Waals surface area contributed by atoms with Crippen molar-refractivity contribution in [2.45, 2.75) is 19.3 Å². The van der Waals surface area contributed by atoms with Gasteiger partial charge in [-0.2, -0.15) is 0 Å². The molecule has 4 nitrogen and oxygen atoms in total. The third-order valence-corrected chi connectivity index (χ3v) is 3.45. The van der Waals surface area contributed by atoms with E-state index in [4.69, 9.17) is 4.74 Å². The summed E-state index contributed by atoms with van der Waals surface area (Å²) in [5, 5.41) is 0. The van der Waals surface area contributed by atoms with Crippen molar-refractivity contribution in [3.63, 3.8) is 0 Å². The molecule has 0 aliphatic carbocycles. The molecular weight excluding hydrogens is 228 g/mol. The summed E-state index contributed by atoms with van der Waals surface area (Å²) in [6.45, 7) is 2.85. The molecule has 0 bridgehead atoms. The first-order valence-corrected chi connectivity index (χ1v) is 6.49. The summed E-state index contributed by atoms with van der Waals surface area (Å²) in [5.41, 5.74) is 1.11. The Morgan fingerprint density at radius 2 is 2.44 bits per heavy atom. The second kappa shape index (κ2) is 6.50. The lowest BCUT2D eigenvalue weighted by molar-refractivity contribution is -0.147. The minimum absolute atomic E-state index is 0.0486. The van der Waals surface area contributed by atoms with Crippen molar-refractivity contribution in [1.82, 2.24) is 9.88 Å². The molecule has 18 heavy (non-hydrogen) atoms. The minimum Gasteiger partial charge on any atom is -0.469 e. The average molecular weight is 248 g/mol. The molecule has 1 aromatic heterocycles. The molecule has 2 rings (SSSR count). The summed E-state index contributed by atoms with van der Waals surface area (Å²) in [7, 11) is 1.47. The summed E-state index contributed by atoms with van der Waals surface area (Å²) in [6.07, 6.45) is 4.78. The van der Waals surface area contributed by atoms with Crippen molar-refractivity contribution in [3.8, 4) is 0 Å². The molecule has 2 heterocycles. The zero-order chi connectivity index (χ0) is 12.8. The molecule has 0 amide bonds. The fourth-order valence-corrected chi connectivity index (χ4v) is 2.44. The molecule has 0 spiro atoms. The highest BCUT2D eigenvalue weighted by molar-refractivity contribution is 5.72. The van der Waals surface area contributed by atoms with Gasteiger partial charge < -0.3 is 9.64 Å². The SMILES string of the molecule is COC(=O)C1CCCN(CCc2ccccn2)C1. The maximum atomic E-state index is 11.5. The first-order valence-electron chi connectivity index (χ1n) is 6.49. The van der Waals surface area contributed by atoms with Crippen LogP contribution in [0.2, 0.25) is 0 Å². The Labute approximate surface area is 108 Å². The highest BCUT2D eigenvalue weighted by atomic mass is 16.5. The van der Waals surface area contributed by atoms with Crippen LogP contribution in [0.3, 0.4) is 0 Å². The van der Waals surface area contributed by atoms with Gasteiger partial charge in [0.25, 0.3) is 0 Å². The first-order chi connectivity index (χ1) is 8.79. The van der Waals surface area contributed by atoms with Crippen LogP contribution in [0.4, 0.5) is 0 Å². The van der Waals surface area contributed by atoms with E-state index in [-0.39, 0.29) is 11.9 Å². The van der Waals surface area contributed by atoms with Crippen LogP contribution in [0.15, 0.2) is 24.4 Å². The summed E-state index contributed by atoms with van der Waals surface area (Å²) in [5.74, 6) is -0.0231. The van der Waals surface area contributed by atoms with Crippen LogP contribution in [0.25, 0.3) is 0 Å². The lowest BCUT2D eigenvalue weighted by Gasteiger charge is -2.31. The number of carbonyl (C=O) groups is 1. The molecule has 0 aromatic carbocycles. The third-order valence-electron chi connectivity index (χ3n) is 3.45. The summed E-state index contributed by atoms with van der Waals surface area (Å²) >= 11 is 0. The van der Waals surface area contributed by atoms with E-state index >= 15 is 0 Å². The van der Waals surface area contributed by atoms with Gasteiger partial charge in [0.05, 0.1) is 13.0 Å². The fraction of sp³-hybridized carbons (Fsp3) is 0.571. The number of piperidine rings is 1. The quantitative estimate of drug-likeness (QED) is 0.757. The van der Waals surface area contributed by atoms with Gasteiger partial charge >= 0.3 is 5.97 Å². The van der Waals surface area contributed by atoms with Crippen LogP contribution < -0.4 is 0 Å². The van der Waals surface area contributed by atoms with Gasteiger partial charge in [-0.25, -0.2) is 0 Å². The molecule has 0 N–H and O–H groups in total. The van der Waals surface area contributed by atoms with E-state index in [0.29, 0.717) is 0 Å². The highest BCUT2D eigenvalue weighted by Gasteiger charge is 2.25. The number of nitrogens with zero attached hydrogens (tertiary/aromatic N) is 2. The molecule has 1 saturated heterocycles. The van der Waals surface area contributed by atoms with E-state index in [0.717, 1.165) is 44.6 Å². The number of esters is 1. The van der Waals surface area contributed by atoms with Gasteiger partial charge in [0, 0.05) is 31.4 Å². The Bertz CT molecular complexity index is 381. The van der Waals surface area contributed by atoms with Crippen molar-refractivity contribution in [2.24, 2.45) is 5.92 Å². The largest absolute Gasteiger partial charge is 0.469 e. The van der Waals surface area contributed by atoms with Crippen LogP contribution in [0.1, 0.15) is 18.5 Å². The minimum atomic E-state index is -0.0717. The zero-order valence-corrected chi connectivity index (χ0v) is 10.8. The molecule has 4 heteroatoms. The number of aromatic nitrogens is 1. The standard InChI is InChI=1S/C14H20N2O2/c1-18-14(17)12-5-4-9-16(11-12)10-7-13-6-2-3-8-15-13/h2-3,6,8,12H,4-5,7,9-11H2,1H3. The van der Waals surface area contributed by atoms with E-state index in [1.807, 2.05) is 24.4 Å². The molecule has 1 aromatic rings. The van der Waals surface area contributed by atoms with Crippen molar-refractivity contribution in [2.75, 3.05) is 26.7 Å². The van der Waals surface area contributed by atoms with Gasteiger partial charge in [-0.3, -0.25) is 9.78 Å². The van der Waals surface area contributed by atoms with Crippen LogP contribution >= 0.6 is 0 Å². The van der Waals surface area contributed by atoms with Gasteiger partial charge in [-0.15, -0.1) is 0 Å². The van der Waals surface area contributed by atoms with Crippen molar-refractivity contribution < 1.29 is 9.53 Å². The summed E-state index contributed by atoms with van der Waals surface area (Å²) in [6, 6.07) is 5.98. The van der Waals surface area contributed by atoms with E-state index in [1.54, 1.807) is 0 Å². The number of methoxy groups -OCH3 is 1. The molecule has 0 radical (unpaired) electrons. The van der Waals surface area contributed by atoms with Crippen LogP contribution in [0.5, 0.6) is 0 Å². The molecule has 1 aliphatic rings. The topological polar surface area (TPSA) is 42.4 Å². The number of likely N-dealkylation sites (tertiary alicyclic amines) is 1. The zero-order valence-electron chi connectivity index (χ0n) is 10.8. The lowest BCUT2D eigenvalue weighted by Crippen LogP contribution is -2.40. The Balaban J connectivity index is 1.81. The monoisotopic (exact) mass is 248 g/mol. The lowest BCUT2D eigenvalue weighted by atomic mass is 9.98. The molecule has 98 valence electrons. The van der Waals surface area contributed by atoms with Crippen LogP contribution in [-0.4, -0.2) is 42.6 Å². The smallest absolute Gasteiger partial charge is 0.309 e. The van der Waals surface area contributed by atoms with Gasteiger partial charge in [-0.05, 0) is 31.5 Å². The van der Waals surface area contributed by atoms with E-state index in [2.05, 4.69) is 9.88 Å². The Hall–Kier alpha value is -1.42. The molecule has 0 saturated carbocycles. The van der Waals surface area contributed by atoms with E-state index in [9.17, 15) is 4.79 Å². The molecule has 1 atom stereocenters. The molecule has 1 aliphatic heterocycles. The van der Waals surface area contributed by atoms with Gasteiger partial charge in [0.1, 0.15) is 0 Å². The molecule has 1 unspecified atom stereocenters. The Kier molecular flexibility index (Phi) is 4.70. The second-order valence-corrected chi connectivity index (χ2v) is 4.73. The van der Waals surface area contributed by atoms with Crippen molar-refractivity contribution in [3.05, 3.63) is 30.1 Å². The van der Waals surface area contributed by atoms with Crippen molar-refractivity contribution in [1.29, 1.82) is 0 Å². The normalized spacial score (nSPS) is 20.6. The van der Waals surface area contributed by atoms with Crippen LogP contribution in [0, 0.1) is 5.92 Å². The number of pyridine rings is 1. The first kappa shape index (κ1) is 13.0. The number of rotatable bonds is 4. The van der Waals surface area contributed by atoms with Gasteiger partial charge in [0.15, 0.2) is 0 Å². The second-order valence-electron chi connectivity index (χ2n) is 4.73. The van der Waals surface area contributed by atoms with E-state index in [1.165, 1.54) is 7.11 Å². The predicted molar refractivity (Wildman–Crippen MR) is 69.1 cm³/mol. The number of hydrogen-bond donors (Lipinski definition) is 0. The maximum Gasteiger partial charge on any atom is 0.309 e. The van der Waals surface area contributed by atoms with Crippen molar-refractivity contribution >= 4 is 5.97 Å². The third kappa shape index (κ3) is 3.53. The predicted octanol–water partition coefficient (Wildman–Crippen LogP) is 1.51. The number of hydrogen-bond acceptors (Lipinski definition) is 4. The molecule has 1 fully saturated rings. The number of ether oxygens (including phenoxy) is 1. The Morgan fingerprint density at radius 1 is 1.56 bits per heavy atom. The maximum absolute atomic E-state index is 11.5. The Morgan fingerprint density at radius 3 is 3.17 bits per heavy atom. The summed E-state index contributed by atoms with van der Waals surface area (Å²) in [4.78, 5) is 18.2. The molecular formula is C14H20N2O2. The average Bonchev–Trinajstić information content (AvgIpc) is 2.45. The summed E-state index contributed by atoms with van der Waals surface area (Å²) < 4.78 is 4.82. The highest BCUT2D eigenvalue weighted by Crippen LogP contribution is 2.17. The van der Waals surface area contributed by atoms with Gasteiger partial charge in [-0.1, -0.05) is 6.07 Å². The number of carbonyl (C=O) groups excluding carboxylic acids is 1. The fourth-order valence-electron chi connectivity index (χ4n) is 2.44. The van der Waals surface area contributed by atoms with E-state index < -0.39 is 0 Å². The van der Waals surface area contributed by atoms with Gasteiger partial charge in [0.2, 0.25) is 0 Å². The van der Waals surface area contributed by atoms with Crippen LogP contribution in [-0.2, 0) is 16.0 Å².